The number of para-hydroxylation sites is 2. The van der Waals surface area contributed by atoms with Crippen LogP contribution in [0.15, 0.2) is 42.5 Å². The highest BCUT2D eigenvalue weighted by atomic mass is 16.5. The standard InChI is InChI=1S/C22H29NO2/c1-14(2)18-11-9-12-19(15(3)4)21(18)23-22(24)17(6)25-20-13-8-7-10-16(20)5/h7-15,17H,1-6H3,(H,23,24)/t17-/m0/s1. The van der Waals surface area contributed by atoms with E-state index in [1.54, 1.807) is 6.92 Å². The Bertz CT molecular complexity index is 708. The fourth-order valence-electron chi connectivity index (χ4n) is 2.85. The first-order valence-electron chi connectivity index (χ1n) is 8.97. The van der Waals surface area contributed by atoms with Gasteiger partial charge in [-0.15, -0.1) is 0 Å². The maximum Gasteiger partial charge on any atom is 0.265 e. The van der Waals surface area contributed by atoms with Crippen LogP contribution >= 0.6 is 0 Å². The van der Waals surface area contributed by atoms with Gasteiger partial charge in [-0.25, -0.2) is 0 Å². The summed E-state index contributed by atoms with van der Waals surface area (Å²) in [6, 6.07) is 14.0. The van der Waals surface area contributed by atoms with Crippen molar-refractivity contribution >= 4 is 11.6 Å². The molecule has 0 aliphatic rings. The molecule has 0 aliphatic carbocycles. The fraction of sp³-hybridized carbons (Fsp3) is 0.409. The Morgan fingerprint density at radius 2 is 1.44 bits per heavy atom. The van der Waals surface area contributed by atoms with Crippen molar-refractivity contribution in [3.63, 3.8) is 0 Å². The largest absolute Gasteiger partial charge is 0.481 e. The van der Waals surface area contributed by atoms with Crippen molar-refractivity contribution in [2.75, 3.05) is 5.32 Å². The van der Waals surface area contributed by atoms with Gasteiger partial charge in [-0.2, -0.15) is 0 Å². The molecule has 0 saturated carbocycles. The summed E-state index contributed by atoms with van der Waals surface area (Å²) in [6.07, 6.45) is -0.568. The second-order valence-corrected chi connectivity index (χ2v) is 7.14. The van der Waals surface area contributed by atoms with Crippen molar-refractivity contribution in [3.8, 4) is 5.75 Å². The lowest BCUT2D eigenvalue weighted by Crippen LogP contribution is -2.31. The van der Waals surface area contributed by atoms with Gasteiger partial charge in [0.25, 0.3) is 5.91 Å². The number of anilines is 1. The van der Waals surface area contributed by atoms with E-state index in [9.17, 15) is 4.79 Å². The maximum absolute atomic E-state index is 12.7. The van der Waals surface area contributed by atoms with Crippen molar-refractivity contribution in [2.45, 2.75) is 59.5 Å². The van der Waals surface area contributed by atoms with Gasteiger partial charge in [0.15, 0.2) is 6.10 Å². The van der Waals surface area contributed by atoms with Crippen molar-refractivity contribution < 1.29 is 9.53 Å². The Morgan fingerprint density at radius 1 is 0.880 bits per heavy atom. The van der Waals surface area contributed by atoms with E-state index in [2.05, 4.69) is 51.2 Å². The minimum absolute atomic E-state index is 0.127. The second kappa shape index (κ2) is 8.19. The Morgan fingerprint density at radius 3 is 1.96 bits per heavy atom. The van der Waals surface area contributed by atoms with Crippen molar-refractivity contribution in [2.24, 2.45) is 0 Å². The van der Waals surface area contributed by atoms with E-state index in [1.165, 1.54) is 0 Å². The minimum atomic E-state index is -0.568. The SMILES string of the molecule is Cc1ccccc1O[C@@H](C)C(=O)Nc1c(C(C)C)cccc1C(C)C. The molecule has 0 saturated heterocycles. The van der Waals surface area contributed by atoms with Crippen LogP contribution in [0.4, 0.5) is 5.69 Å². The van der Waals surface area contributed by atoms with Crippen LogP contribution in [0, 0.1) is 6.92 Å². The van der Waals surface area contributed by atoms with E-state index in [4.69, 9.17) is 4.74 Å². The summed E-state index contributed by atoms with van der Waals surface area (Å²) in [5, 5.41) is 3.12. The first-order valence-corrected chi connectivity index (χ1v) is 8.97. The quantitative estimate of drug-likeness (QED) is 0.739. The highest BCUT2D eigenvalue weighted by Gasteiger charge is 2.20. The van der Waals surface area contributed by atoms with Gasteiger partial charge in [0.1, 0.15) is 5.75 Å². The molecule has 0 aromatic heterocycles. The molecule has 0 heterocycles. The summed E-state index contributed by atoms with van der Waals surface area (Å²) in [6.45, 7) is 12.3. The third kappa shape index (κ3) is 4.62. The predicted octanol–water partition coefficient (Wildman–Crippen LogP) is 5.65. The van der Waals surface area contributed by atoms with Crippen LogP contribution in [0.3, 0.4) is 0 Å². The van der Waals surface area contributed by atoms with Crippen molar-refractivity contribution in [1.29, 1.82) is 0 Å². The van der Waals surface area contributed by atoms with Crippen molar-refractivity contribution in [1.82, 2.24) is 0 Å². The maximum atomic E-state index is 12.7. The molecule has 3 nitrogen and oxygen atoms in total. The molecule has 0 unspecified atom stereocenters. The van der Waals surface area contributed by atoms with Gasteiger partial charge >= 0.3 is 0 Å². The molecule has 25 heavy (non-hydrogen) atoms. The Labute approximate surface area is 151 Å². The zero-order chi connectivity index (χ0) is 18.6. The number of ether oxygens (including phenoxy) is 1. The lowest BCUT2D eigenvalue weighted by Gasteiger charge is -2.22. The molecular formula is C22H29NO2. The number of amides is 1. The van der Waals surface area contributed by atoms with Gasteiger partial charge in [-0.05, 0) is 48.4 Å². The molecule has 2 aromatic rings. The Kier molecular flexibility index (Phi) is 6.24. The third-order valence-corrected chi connectivity index (χ3v) is 4.39. The average molecular weight is 339 g/mol. The number of nitrogens with one attached hydrogen (secondary N) is 1. The highest BCUT2D eigenvalue weighted by Crippen LogP contribution is 2.32. The molecule has 0 radical (unpaired) electrons. The number of hydrogen-bond donors (Lipinski definition) is 1. The summed E-state index contributed by atoms with van der Waals surface area (Å²) in [4.78, 5) is 12.7. The molecule has 0 bridgehead atoms. The van der Waals surface area contributed by atoms with Crippen LogP contribution in [-0.4, -0.2) is 12.0 Å². The van der Waals surface area contributed by atoms with Gasteiger partial charge in [0.2, 0.25) is 0 Å². The van der Waals surface area contributed by atoms with E-state index >= 15 is 0 Å². The smallest absolute Gasteiger partial charge is 0.265 e. The average Bonchev–Trinajstić information content (AvgIpc) is 2.56. The first kappa shape index (κ1) is 19.0. The highest BCUT2D eigenvalue weighted by molar-refractivity contribution is 5.95. The molecule has 1 amide bonds. The van der Waals surface area contributed by atoms with Crippen LogP contribution in [0.2, 0.25) is 0 Å². The topological polar surface area (TPSA) is 38.3 Å². The second-order valence-electron chi connectivity index (χ2n) is 7.14. The van der Waals surface area contributed by atoms with Crippen LogP contribution in [0.1, 0.15) is 63.1 Å². The van der Waals surface area contributed by atoms with Gasteiger partial charge in [0.05, 0.1) is 0 Å². The molecule has 2 rings (SSSR count). The predicted molar refractivity (Wildman–Crippen MR) is 105 cm³/mol. The van der Waals surface area contributed by atoms with Crippen LogP contribution < -0.4 is 10.1 Å². The lowest BCUT2D eigenvalue weighted by atomic mass is 9.92. The summed E-state index contributed by atoms with van der Waals surface area (Å²) in [7, 11) is 0. The van der Waals surface area contributed by atoms with Gasteiger partial charge < -0.3 is 10.1 Å². The molecule has 3 heteroatoms. The Balaban J connectivity index is 2.23. The number of rotatable bonds is 6. The van der Waals surface area contributed by atoms with Crippen LogP contribution in [0.5, 0.6) is 5.75 Å². The number of hydrogen-bond acceptors (Lipinski definition) is 2. The number of carbonyl (C=O) groups is 1. The number of carbonyl (C=O) groups excluding carboxylic acids is 1. The van der Waals surface area contributed by atoms with Gasteiger partial charge in [0, 0.05) is 5.69 Å². The van der Waals surface area contributed by atoms with E-state index in [0.29, 0.717) is 11.8 Å². The molecule has 0 aliphatic heterocycles. The molecule has 0 spiro atoms. The molecule has 0 fully saturated rings. The van der Waals surface area contributed by atoms with E-state index in [0.717, 1.165) is 28.1 Å². The van der Waals surface area contributed by atoms with Crippen LogP contribution in [-0.2, 0) is 4.79 Å². The molecule has 1 N–H and O–H groups in total. The summed E-state index contributed by atoms with van der Waals surface area (Å²) in [5.41, 5.74) is 4.26. The van der Waals surface area contributed by atoms with Gasteiger partial charge in [-0.3, -0.25) is 4.79 Å². The van der Waals surface area contributed by atoms with E-state index in [1.807, 2.05) is 31.2 Å². The summed E-state index contributed by atoms with van der Waals surface area (Å²) < 4.78 is 5.87. The Hall–Kier alpha value is -2.29. The summed E-state index contributed by atoms with van der Waals surface area (Å²) in [5.74, 6) is 1.29. The first-order chi connectivity index (χ1) is 11.8. The monoisotopic (exact) mass is 339 g/mol. The van der Waals surface area contributed by atoms with Crippen LogP contribution in [0.25, 0.3) is 0 Å². The normalized spacial score (nSPS) is 12.3. The zero-order valence-corrected chi connectivity index (χ0v) is 16.1. The molecule has 2 aromatic carbocycles. The van der Waals surface area contributed by atoms with Crippen molar-refractivity contribution in [3.05, 3.63) is 59.2 Å². The molecule has 1 atom stereocenters. The van der Waals surface area contributed by atoms with E-state index in [-0.39, 0.29) is 5.91 Å². The lowest BCUT2D eigenvalue weighted by molar-refractivity contribution is -0.122. The number of aryl methyl sites for hydroxylation is 1. The third-order valence-electron chi connectivity index (χ3n) is 4.39. The summed E-state index contributed by atoms with van der Waals surface area (Å²) >= 11 is 0. The van der Waals surface area contributed by atoms with E-state index < -0.39 is 6.10 Å². The molecule has 134 valence electrons. The van der Waals surface area contributed by atoms with Gasteiger partial charge in [-0.1, -0.05) is 64.1 Å². The minimum Gasteiger partial charge on any atom is -0.481 e. The number of benzene rings is 2. The zero-order valence-electron chi connectivity index (χ0n) is 16.1. The fourth-order valence-corrected chi connectivity index (χ4v) is 2.85. The molecular weight excluding hydrogens is 310 g/mol.